The lowest BCUT2D eigenvalue weighted by Crippen LogP contribution is -2.51. The van der Waals surface area contributed by atoms with Crippen LogP contribution in [0.5, 0.6) is 0 Å². The smallest absolute Gasteiger partial charge is 0.326 e. The number of carboxylic acid groups (broad SMARTS) is 1. The number of carbonyl (C=O) groups excluding carboxylic acids is 1. The summed E-state index contributed by atoms with van der Waals surface area (Å²) >= 11 is 0. The van der Waals surface area contributed by atoms with Crippen LogP contribution in [0.2, 0.25) is 0 Å². The summed E-state index contributed by atoms with van der Waals surface area (Å²) in [4.78, 5) is 23.7. The SMILES string of the molecule is COCCC(NC(=O)C1(CN)CCCCCC1)C(=O)O. The second-order valence-corrected chi connectivity index (χ2v) is 5.54. The number of rotatable bonds is 7. The second-order valence-electron chi connectivity index (χ2n) is 5.54. The van der Waals surface area contributed by atoms with Crippen LogP contribution in [0.15, 0.2) is 0 Å². The van der Waals surface area contributed by atoms with Crippen molar-refractivity contribution in [2.75, 3.05) is 20.3 Å². The van der Waals surface area contributed by atoms with Gasteiger partial charge in [0.2, 0.25) is 5.91 Å². The maximum absolute atomic E-state index is 12.5. The van der Waals surface area contributed by atoms with Crippen LogP contribution in [0.3, 0.4) is 0 Å². The minimum absolute atomic E-state index is 0.217. The minimum atomic E-state index is -1.03. The maximum atomic E-state index is 12.5. The molecule has 1 saturated carbocycles. The Morgan fingerprint density at radius 2 is 1.90 bits per heavy atom. The van der Waals surface area contributed by atoms with Crippen LogP contribution < -0.4 is 11.1 Å². The molecule has 1 rings (SSSR count). The summed E-state index contributed by atoms with van der Waals surface area (Å²) in [6, 6.07) is -0.908. The van der Waals surface area contributed by atoms with Crippen molar-refractivity contribution in [1.82, 2.24) is 5.32 Å². The van der Waals surface area contributed by atoms with Crippen molar-refractivity contribution in [2.45, 2.75) is 51.0 Å². The van der Waals surface area contributed by atoms with Crippen LogP contribution in [0.25, 0.3) is 0 Å². The van der Waals surface area contributed by atoms with E-state index in [4.69, 9.17) is 15.6 Å². The molecular weight excluding hydrogens is 260 g/mol. The number of hydrogen-bond acceptors (Lipinski definition) is 4. The number of nitrogens with two attached hydrogens (primary N) is 1. The van der Waals surface area contributed by atoms with Crippen molar-refractivity contribution in [3.63, 3.8) is 0 Å². The second kappa shape index (κ2) is 8.21. The first-order valence-corrected chi connectivity index (χ1v) is 7.28. The molecule has 6 nitrogen and oxygen atoms in total. The highest BCUT2D eigenvalue weighted by Crippen LogP contribution is 2.34. The third kappa shape index (κ3) is 4.45. The largest absolute Gasteiger partial charge is 0.480 e. The first kappa shape index (κ1) is 16.9. The molecule has 0 aromatic carbocycles. The van der Waals surface area contributed by atoms with E-state index in [1.165, 1.54) is 7.11 Å². The third-order valence-electron chi connectivity index (χ3n) is 4.15. The number of carboxylic acids is 1. The zero-order valence-corrected chi connectivity index (χ0v) is 12.2. The predicted molar refractivity (Wildman–Crippen MR) is 75.2 cm³/mol. The molecule has 1 fully saturated rings. The molecular formula is C14H26N2O4. The quantitative estimate of drug-likeness (QED) is 0.603. The highest BCUT2D eigenvalue weighted by atomic mass is 16.5. The Hall–Kier alpha value is -1.14. The highest BCUT2D eigenvalue weighted by Gasteiger charge is 2.38. The van der Waals surface area contributed by atoms with Gasteiger partial charge in [-0.25, -0.2) is 4.79 Å². The lowest BCUT2D eigenvalue weighted by atomic mass is 9.79. The van der Waals surface area contributed by atoms with Gasteiger partial charge in [-0.05, 0) is 12.8 Å². The Morgan fingerprint density at radius 1 is 1.30 bits per heavy atom. The van der Waals surface area contributed by atoms with E-state index >= 15 is 0 Å². The van der Waals surface area contributed by atoms with E-state index in [1.54, 1.807) is 0 Å². The van der Waals surface area contributed by atoms with Crippen molar-refractivity contribution in [1.29, 1.82) is 0 Å². The predicted octanol–water partition coefficient (Wildman–Crippen LogP) is 0.892. The van der Waals surface area contributed by atoms with Crippen LogP contribution in [0.4, 0.5) is 0 Å². The van der Waals surface area contributed by atoms with Gasteiger partial charge in [-0.3, -0.25) is 4.79 Å². The minimum Gasteiger partial charge on any atom is -0.480 e. The van der Waals surface area contributed by atoms with Crippen LogP contribution in [-0.4, -0.2) is 43.3 Å². The molecule has 4 N–H and O–H groups in total. The summed E-state index contributed by atoms with van der Waals surface area (Å²) in [6.07, 6.45) is 5.92. The Morgan fingerprint density at radius 3 is 2.35 bits per heavy atom. The molecule has 1 unspecified atom stereocenters. The Kier molecular flexibility index (Phi) is 6.95. The molecule has 20 heavy (non-hydrogen) atoms. The summed E-state index contributed by atoms with van der Waals surface area (Å²) in [6.45, 7) is 0.572. The number of amides is 1. The van der Waals surface area contributed by atoms with Gasteiger partial charge in [0.1, 0.15) is 6.04 Å². The molecule has 0 aromatic rings. The number of hydrogen-bond donors (Lipinski definition) is 3. The molecule has 116 valence electrons. The molecule has 1 atom stereocenters. The highest BCUT2D eigenvalue weighted by molar-refractivity contribution is 5.87. The summed E-state index contributed by atoms with van der Waals surface area (Å²) in [5.41, 5.74) is 5.23. The summed E-state index contributed by atoms with van der Waals surface area (Å²) in [7, 11) is 1.51. The molecule has 1 aliphatic rings. The lowest BCUT2D eigenvalue weighted by molar-refractivity contribution is -0.144. The zero-order chi connectivity index (χ0) is 15.0. The van der Waals surface area contributed by atoms with Gasteiger partial charge in [-0.2, -0.15) is 0 Å². The average molecular weight is 286 g/mol. The molecule has 1 amide bonds. The van der Waals surface area contributed by atoms with Crippen molar-refractivity contribution in [3.8, 4) is 0 Å². The van der Waals surface area contributed by atoms with Gasteiger partial charge in [0.15, 0.2) is 0 Å². The van der Waals surface area contributed by atoms with Gasteiger partial charge in [-0.1, -0.05) is 25.7 Å². The van der Waals surface area contributed by atoms with Crippen LogP contribution in [-0.2, 0) is 14.3 Å². The number of nitrogens with one attached hydrogen (secondary N) is 1. The topological polar surface area (TPSA) is 102 Å². The number of aliphatic carboxylic acids is 1. The first-order chi connectivity index (χ1) is 9.55. The van der Waals surface area contributed by atoms with E-state index in [0.29, 0.717) is 6.61 Å². The van der Waals surface area contributed by atoms with Crippen molar-refractivity contribution < 1.29 is 19.4 Å². The molecule has 6 heteroatoms. The van der Waals surface area contributed by atoms with E-state index in [2.05, 4.69) is 5.32 Å². The fraction of sp³-hybridized carbons (Fsp3) is 0.857. The molecule has 0 aliphatic heterocycles. The molecule has 0 bridgehead atoms. The molecule has 1 aliphatic carbocycles. The van der Waals surface area contributed by atoms with Crippen molar-refractivity contribution >= 4 is 11.9 Å². The van der Waals surface area contributed by atoms with Crippen molar-refractivity contribution in [3.05, 3.63) is 0 Å². The van der Waals surface area contributed by atoms with Crippen LogP contribution in [0, 0.1) is 5.41 Å². The third-order valence-corrected chi connectivity index (χ3v) is 4.15. The zero-order valence-electron chi connectivity index (χ0n) is 12.2. The van der Waals surface area contributed by atoms with E-state index < -0.39 is 17.4 Å². The molecule has 0 heterocycles. The van der Waals surface area contributed by atoms with Gasteiger partial charge >= 0.3 is 5.97 Å². The molecule has 0 spiro atoms. The van der Waals surface area contributed by atoms with Gasteiger partial charge in [0.25, 0.3) is 0 Å². The maximum Gasteiger partial charge on any atom is 0.326 e. The number of carbonyl (C=O) groups is 2. The number of methoxy groups -OCH3 is 1. The monoisotopic (exact) mass is 286 g/mol. The standard InChI is InChI=1S/C14H26N2O4/c1-20-9-6-11(12(17)18)16-13(19)14(10-15)7-4-2-3-5-8-14/h11H,2-10,15H2,1H3,(H,16,19)(H,17,18). The van der Waals surface area contributed by atoms with E-state index in [-0.39, 0.29) is 18.9 Å². The summed E-state index contributed by atoms with van der Waals surface area (Å²) in [5.74, 6) is -1.25. The number of ether oxygens (including phenoxy) is 1. The van der Waals surface area contributed by atoms with Crippen LogP contribution in [0.1, 0.15) is 44.9 Å². The first-order valence-electron chi connectivity index (χ1n) is 7.28. The fourth-order valence-corrected chi connectivity index (χ4v) is 2.73. The molecule has 0 saturated heterocycles. The van der Waals surface area contributed by atoms with Gasteiger partial charge < -0.3 is 20.9 Å². The lowest BCUT2D eigenvalue weighted by Gasteiger charge is -2.31. The summed E-state index contributed by atoms with van der Waals surface area (Å²) < 4.78 is 4.88. The Labute approximate surface area is 120 Å². The Balaban J connectivity index is 2.71. The van der Waals surface area contributed by atoms with E-state index in [0.717, 1.165) is 38.5 Å². The average Bonchev–Trinajstić information content (AvgIpc) is 2.69. The van der Waals surface area contributed by atoms with E-state index in [9.17, 15) is 9.59 Å². The van der Waals surface area contributed by atoms with Gasteiger partial charge in [0, 0.05) is 26.7 Å². The van der Waals surface area contributed by atoms with Crippen molar-refractivity contribution in [2.24, 2.45) is 11.1 Å². The van der Waals surface area contributed by atoms with Gasteiger partial charge in [0.05, 0.1) is 5.41 Å². The normalized spacial score (nSPS) is 19.9. The molecule has 0 radical (unpaired) electrons. The molecule has 0 aromatic heterocycles. The summed E-state index contributed by atoms with van der Waals surface area (Å²) in [5, 5.41) is 11.8. The fourth-order valence-electron chi connectivity index (χ4n) is 2.73. The van der Waals surface area contributed by atoms with E-state index in [1.807, 2.05) is 0 Å². The van der Waals surface area contributed by atoms with Gasteiger partial charge in [-0.15, -0.1) is 0 Å². The Bertz CT molecular complexity index is 325. The van der Waals surface area contributed by atoms with Crippen LogP contribution >= 0.6 is 0 Å².